The third-order valence-corrected chi connectivity index (χ3v) is 3.04. The number of halogens is 2. The summed E-state index contributed by atoms with van der Waals surface area (Å²) < 4.78 is 13.6. The fourth-order valence-corrected chi connectivity index (χ4v) is 2.00. The van der Waals surface area contributed by atoms with Gasteiger partial charge in [-0.3, -0.25) is 10.1 Å². The van der Waals surface area contributed by atoms with Gasteiger partial charge < -0.3 is 5.32 Å². The number of hydrogen-bond donors (Lipinski definition) is 1. The molecular formula is C13H10BrFN2O2. The van der Waals surface area contributed by atoms with Gasteiger partial charge in [-0.05, 0) is 30.3 Å². The van der Waals surface area contributed by atoms with Crippen LogP contribution in [0.3, 0.4) is 0 Å². The van der Waals surface area contributed by atoms with Gasteiger partial charge >= 0.3 is 0 Å². The summed E-state index contributed by atoms with van der Waals surface area (Å²) in [5, 5.41) is 13.9. The molecule has 2 rings (SSSR count). The van der Waals surface area contributed by atoms with Crippen molar-refractivity contribution in [3.8, 4) is 0 Å². The third kappa shape index (κ3) is 3.51. The van der Waals surface area contributed by atoms with Crippen molar-refractivity contribution < 1.29 is 9.31 Å². The molecule has 98 valence electrons. The zero-order valence-electron chi connectivity index (χ0n) is 9.77. The Morgan fingerprint density at radius 2 is 2.05 bits per heavy atom. The van der Waals surface area contributed by atoms with Crippen molar-refractivity contribution in [1.29, 1.82) is 0 Å². The van der Waals surface area contributed by atoms with E-state index in [-0.39, 0.29) is 18.0 Å². The lowest BCUT2D eigenvalue weighted by molar-refractivity contribution is -0.385. The number of benzene rings is 2. The lowest BCUT2D eigenvalue weighted by Crippen LogP contribution is -2.03. The molecule has 0 bridgehead atoms. The highest BCUT2D eigenvalue weighted by atomic mass is 79.9. The van der Waals surface area contributed by atoms with E-state index in [4.69, 9.17) is 0 Å². The average molecular weight is 325 g/mol. The fourth-order valence-electron chi connectivity index (χ4n) is 1.65. The number of nitro benzene ring substituents is 1. The van der Waals surface area contributed by atoms with Gasteiger partial charge in [0.1, 0.15) is 5.82 Å². The maximum Gasteiger partial charge on any atom is 0.275 e. The lowest BCUT2D eigenvalue weighted by atomic mass is 10.2. The van der Waals surface area contributed by atoms with Crippen molar-refractivity contribution >= 4 is 27.3 Å². The molecule has 0 saturated heterocycles. The topological polar surface area (TPSA) is 55.2 Å². The van der Waals surface area contributed by atoms with Gasteiger partial charge in [0, 0.05) is 28.3 Å². The Bertz CT molecular complexity index is 619. The summed E-state index contributed by atoms with van der Waals surface area (Å²) in [5.41, 5.74) is 1.15. The molecule has 0 heterocycles. The van der Waals surface area contributed by atoms with Crippen molar-refractivity contribution in [1.82, 2.24) is 0 Å². The number of rotatable bonds is 4. The number of nitrogens with zero attached hydrogens (tertiary/aromatic N) is 1. The van der Waals surface area contributed by atoms with E-state index >= 15 is 0 Å². The monoisotopic (exact) mass is 324 g/mol. The smallest absolute Gasteiger partial charge is 0.275 e. The highest BCUT2D eigenvalue weighted by Gasteiger charge is 2.13. The summed E-state index contributed by atoms with van der Waals surface area (Å²) in [4.78, 5) is 10.5. The van der Waals surface area contributed by atoms with E-state index in [0.29, 0.717) is 15.7 Å². The summed E-state index contributed by atoms with van der Waals surface area (Å²) in [6.07, 6.45) is 0. The quantitative estimate of drug-likeness (QED) is 0.680. The van der Waals surface area contributed by atoms with E-state index in [1.54, 1.807) is 24.3 Å². The second kappa shape index (κ2) is 5.79. The number of nitro groups is 1. The van der Waals surface area contributed by atoms with Gasteiger partial charge in [0.2, 0.25) is 0 Å². The van der Waals surface area contributed by atoms with Crippen LogP contribution in [-0.4, -0.2) is 4.92 Å². The van der Waals surface area contributed by atoms with Crippen LogP contribution in [0.4, 0.5) is 15.8 Å². The lowest BCUT2D eigenvalue weighted by Gasteiger charge is -2.07. The van der Waals surface area contributed by atoms with Gasteiger partial charge in [0.15, 0.2) is 0 Å². The number of anilines is 1. The van der Waals surface area contributed by atoms with E-state index in [9.17, 15) is 14.5 Å². The Morgan fingerprint density at radius 1 is 1.26 bits per heavy atom. The van der Waals surface area contributed by atoms with Crippen molar-refractivity contribution in [2.24, 2.45) is 0 Å². The Morgan fingerprint density at radius 3 is 2.74 bits per heavy atom. The first kappa shape index (κ1) is 13.5. The van der Waals surface area contributed by atoms with Gasteiger partial charge in [-0.25, -0.2) is 4.39 Å². The zero-order chi connectivity index (χ0) is 13.8. The van der Waals surface area contributed by atoms with Crippen LogP contribution in [0.5, 0.6) is 0 Å². The van der Waals surface area contributed by atoms with Crippen molar-refractivity contribution in [2.75, 3.05) is 5.32 Å². The number of nitrogens with one attached hydrogen (secondary N) is 1. The molecule has 0 spiro atoms. The summed E-state index contributed by atoms with van der Waals surface area (Å²) in [6.45, 7) is 0.257. The van der Waals surface area contributed by atoms with Gasteiger partial charge in [0.05, 0.1) is 4.92 Å². The van der Waals surface area contributed by atoms with E-state index in [1.807, 2.05) is 0 Å². The van der Waals surface area contributed by atoms with Crippen LogP contribution >= 0.6 is 15.9 Å². The highest BCUT2D eigenvalue weighted by molar-refractivity contribution is 9.10. The molecule has 0 aliphatic rings. The minimum atomic E-state index is -0.437. The average Bonchev–Trinajstić information content (AvgIpc) is 2.37. The number of hydrogen-bond acceptors (Lipinski definition) is 3. The Balaban J connectivity index is 2.17. The van der Waals surface area contributed by atoms with Crippen molar-refractivity contribution in [2.45, 2.75) is 6.54 Å². The van der Waals surface area contributed by atoms with Crippen molar-refractivity contribution in [3.63, 3.8) is 0 Å². The Hall–Kier alpha value is -1.95. The van der Waals surface area contributed by atoms with Gasteiger partial charge in [-0.2, -0.15) is 0 Å². The molecular weight excluding hydrogens is 315 g/mol. The maximum absolute atomic E-state index is 13.0. The summed E-state index contributed by atoms with van der Waals surface area (Å²) >= 11 is 3.20. The van der Waals surface area contributed by atoms with Gasteiger partial charge in [-0.1, -0.05) is 22.0 Å². The van der Waals surface area contributed by atoms with Crippen molar-refractivity contribution in [3.05, 3.63) is 68.4 Å². The third-order valence-electron chi connectivity index (χ3n) is 2.55. The van der Waals surface area contributed by atoms with Crippen LogP contribution in [-0.2, 0) is 6.54 Å². The fraction of sp³-hybridized carbons (Fsp3) is 0.0769. The summed E-state index contributed by atoms with van der Waals surface area (Å²) in [7, 11) is 0. The minimum Gasteiger partial charge on any atom is -0.381 e. The van der Waals surface area contributed by atoms with Crippen LogP contribution in [0.2, 0.25) is 0 Å². The summed E-state index contributed by atoms with van der Waals surface area (Å²) in [5.74, 6) is -0.352. The van der Waals surface area contributed by atoms with E-state index in [0.717, 1.165) is 0 Å². The van der Waals surface area contributed by atoms with Crippen LogP contribution in [0.1, 0.15) is 5.56 Å². The molecule has 0 atom stereocenters. The predicted molar refractivity (Wildman–Crippen MR) is 74.5 cm³/mol. The first-order chi connectivity index (χ1) is 9.06. The SMILES string of the molecule is O=[N+]([O-])c1cc(Br)ccc1CNc1cccc(F)c1. The first-order valence-corrected chi connectivity index (χ1v) is 6.28. The molecule has 2 aromatic rings. The Kier molecular flexibility index (Phi) is 4.11. The highest BCUT2D eigenvalue weighted by Crippen LogP contribution is 2.24. The molecule has 0 unspecified atom stereocenters. The first-order valence-electron chi connectivity index (χ1n) is 5.48. The van der Waals surface area contributed by atoms with Crippen LogP contribution in [0.25, 0.3) is 0 Å². The second-order valence-electron chi connectivity index (χ2n) is 3.89. The van der Waals surface area contributed by atoms with E-state index in [1.165, 1.54) is 18.2 Å². The predicted octanol–water partition coefficient (Wildman–Crippen LogP) is 4.11. The molecule has 19 heavy (non-hydrogen) atoms. The second-order valence-corrected chi connectivity index (χ2v) is 4.81. The molecule has 0 radical (unpaired) electrons. The molecule has 4 nitrogen and oxygen atoms in total. The molecule has 0 fully saturated rings. The summed E-state index contributed by atoms with van der Waals surface area (Å²) in [6, 6.07) is 10.8. The molecule has 0 aromatic heterocycles. The molecule has 0 aliphatic heterocycles. The standard InChI is InChI=1S/C13H10BrFN2O2/c14-10-5-4-9(13(6-10)17(18)19)8-16-12-3-1-2-11(15)7-12/h1-7,16H,8H2. The zero-order valence-corrected chi connectivity index (χ0v) is 11.4. The van der Waals surface area contributed by atoms with Crippen LogP contribution in [0, 0.1) is 15.9 Å². The molecule has 6 heteroatoms. The largest absolute Gasteiger partial charge is 0.381 e. The minimum absolute atomic E-state index is 0.0262. The van der Waals surface area contributed by atoms with E-state index in [2.05, 4.69) is 21.2 Å². The molecule has 0 amide bonds. The molecule has 2 aromatic carbocycles. The maximum atomic E-state index is 13.0. The van der Waals surface area contributed by atoms with Crippen LogP contribution < -0.4 is 5.32 Å². The normalized spacial score (nSPS) is 10.2. The molecule has 1 N–H and O–H groups in total. The van der Waals surface area contributed by atoms with Gasteiger partial charge in [-0.15, -0.1) is 0 Å². The van der Waals surface area contributed by atoms with Crippen LogP contribution in [0.15, 0.2) is 46.9 Å². The molecule has 0 aliphatic carbocycles. The van der Waals surface area contributed by atoms with E-state index < -0.39 is 4.92 Å². The molecule has 0 saturated carbocycles. The van der Waals surface area contributed by atoms with Gasteiger partial charge in [0.25, 0.3) is 5.69 Å². The Labute approximate surface area is 117 Å².